The van der Waals surface area contributed by atoms with Gasteiger partial charge in [0.25, 0.3) is 0 Å². The van der Waals surface area contributed by atoms with Crippen molar-refractivity contribution in [3.05, 3.63) is 48.1 Å². The summed E-state index contributed by atoms with van der Waals surface area (Å²) in [6.07, 6.45) is 6.48. The third-order valence-corrected chi connectivity index (χ3v) is 4.61. The van der Waals surface area contributed by atoms with Crippen LogP contribution in [0.15, 0.2) is 41.3 Å². The summed E-state index contributed by atoms with van der Waals surface area (Å²) in [6, 6.07) is 6.10. The lowest BCUT2D eigenvalue weighted by Gasteiger charge is -2.25. The van der Waals surface area contributed by atoms with E-state index >= 15 is 0 Å². The molecular formula is C20H23N5O. The van der Waals surface area contributed by atoms with Crippen LogP contribution in [0.1, 0.15) is 45.9 Å². The Morgan fingerprint density at radius 2 is 1.88 bits per heavy atom. The SMILES string of the molecule is CC(C)(C)c1onc2ncc(CC(C)(C)n3cc4cccnc4n3)cc12. The molecule has 0 amide bonds. The molecule has 0 bridgehead atoms. The Bertz CT molecular complexity index is 1050. The minimum atomic E-state index is -0.213. The zero-order chi connectivity index (χ0) is 18.5. The molecule has 0 aromatic carbocycles. The van der Waals surface area contributed by atoms with Gasteiger partial charge in [0.2, 0.25) is 5.65 Å². The summed E-state index contributed by atoms with van der Waals surface area (Å²) in [5.41, 5.74) is 2.22. The first-order valence-corrected chi connectivity index (χ1v) is 8.80. The smallest absolute Gasteiger partial charge is 0.202 e. The van der Waals surface area contributed by atoms with Gasteiger partial charge in [0, 0.05) is 29.4 Å². The normalized spacial score (nSPS) is 13.0. The zero-order valence-corrected chi connectivity index (χ0v) is 15.8. The molecule has 0 aliphatic heterocycles. The van der Waals surface area contributed by atoms with Gasteiger partial charge >= 0.3 is 0 Å². The van der Waals surface area contributed by atoms with Crippen molar-refractivity contribution in [2.75, 3.05) is 0 Å². The maximum absolute atomic E-state index is 5.55. The minimum Gasteiger partial charge on any atom is -0.358 e. The molecule has 0 saturated carbocycles. The van der Waals surface area contributed by atoms with Gasteiger partial charge in [-0.1, -0.05) is 25.9 Å². The van der Waals surface area contributed by atoms with Gasteiger partial charge in [0.05, 0.1) is 10.9 Å². The lowest BCUT2D eigenvalue weighted by Crippen LogP contribution is -2.29. The van der Waals surface area contributed by atoms with Crippen molar-refractivity contribution in [2.24, 2.45) is 0 Å². The molecule has 6 nitrogen and oxygen atoms in total. The summed E-state index contributed by atoms with van der Waals surface area (Å²) < 4.78 is 7.54. The third kappa shape index (κ3) is 2.85. The number of hydrogen-bond donors (Lipinski definition) is 0. The molecule has 0 fully saturated rings. The molecule has 4 aromatic heterocycles. The summed E-state index contributed by atoms with van der Waals surface area (Å²) in [5, 5.41) is 10.8. The van der Waals surface area contributed by atoms with E-state index in [2.05, 4.69) is 60.9 Å². The van der Waals surface area contributed by atoms with Crippen LogP contribution in [-0.4, -0.2) is 24.9 Å². The fourth-order valence-corrected chi connectivity index (χ4v) is 3.26. The van der Waals surface area contributed by atoms with Gasteiger partial charge in [-0.3, -0.25) is 4.68 Å². The molecule has 26 heavy (non-hydrogen) atoms. The number of nitrogens with zero attached hydrogens (tertiary/aromatic N) is 5. The monoisotopic (exact) mass is 349 g/mol. The number of aromatic nitrogens is 5. The van der Waals surface area contributed by atoms with Gasteiger partial charge < -0.3 is 4.52 Å². The first-order chi connectivity index (χ1) is 12.2. The van der Waals surface area contributed by atoms with Crippen LogP contribution in [0.3, 0.4) is 0 Å². The standard InChI is InChI=1S/C20H23N5O/c1-19(2,3)16-15-9-13(11-22-18(15)24-26-16)10-20(4,5)25-12-14-7-6-8-21-17(14)23-25/h6-9,11-12H,10H2,1-5H3. The van der Waals surface area contributed by atoms with E-state index in [0.717, 1.165) is 34.2 Å². The largest absolute Gasteiger partial charge is 0.358 e. The molecule has 0 saturated heterocycles. The predicted octanol–water partition coefficient (Wildman–Crippen LogP) is 4.24. The van der Waals surface area contributed by atoms with Crippen LogP contribution >= 0.6 is 0 Å². The van der Waals surface area contributed by atoms with Crippen LogP contribution in [0.5, 0.6) is 0 Å². The van der Waals surface area contributed by atoms with Crippen LogP contribution in [-0.2, 0) is 17.4 Å². The molecule has 6 heteroatoms. The van der Waals surface area contributed by atoms with Crippen molar-refractivity contribution < 1.29 is 4.52 Å². The van der Waals surface area contributed by atoms with Crippen LogP contribution in [0, 0.1) is 0 Å². The third-order valence-electron chi connectivity index (χ3n) is 4.61. The van der Waals surface area contributed by atoms with Crippen LogP contribution in [0.4, 0.5) is 0 Å². The van der Waals surface area contributed by atoms with Crippen molar-refractivity contribution >= 4 is 22.1 Å². The first kappa shape index (κ1) is 16.7. The molecule has 0 radical (unpaired) electrons. The van der Waals surface area contributed by atoms with Gasteiger partial charge in [-0.2, -0.15) is 5.10 Å². The predicted molar refractivity (Wildman–Crippen MR) is 101 cm³/mol. The molecule has 0 atom stereocenters. The highest BCUT2D eigenvalue weighted by molar-refractivity contribution is 5.78. The molecular weight excluding hydrogens is 326 g/mol. The van der Waals surface area contributed by atoms with E-state index < -0.39 is 0 Å². The van der Waals surface area contributed by atoms with Crippen molar-refractivity contribution in [1.29, 1.82) is 0 Å². The van der Waals surface area contributed by atoms with E-state index in [0.29, 0.717) is 5.65 Å². The lowest BCUT2D eigenvalue weighted by molar-refractivity contribution is 0.318. The highest BCUT2D eigenvalue weighted by Crippen LogP contribution is 2.31. The number of pyridine rings is 2. The lowest BCUT2D eigenvalue weighted by atomic mass is 9.90. The maximum Gasteiger partial charge on any atom is 0.202 e. The van der Waals surface area contributed by atoms with E-state index in [1.54, 1.807) is 6.20 Å². The highest BCUT2D eigenvalue weighted by atomic mass is 16.5. The van der Waals surface area contributed by atoms with Gasteiger partial charge in [0.1, 0.15) is 0 Å². The van der Waals surface area contributed by atoms with Gasteiger partial charge in [-0.25, -0.2) is 9.97 Å². The van der Waals surface area contributed by atoms with Crippen molar-refractivity contribution in [1.82, 2.24) is 24.9 Å². The van der Waals surface area contributed by atoms with Crippen LogP contribution < -0.4 is 0 Å². The van der Waals surface area contributed by atoms with Crippen LogP contribution in [0.2, 0.25) is 0 Å². The minimum absolute atomic E-state index is 0.115. The fraction of sp³-hybridized carbons (Fsp3) is 0.400. The average molecular weight is 349 g/mol. The molecule has 0 unspecified atom stereocenters. The Morgan fingerprint density at radius 1 is 1.08 bits per heavy atom. The second-order valence-corrected chi connectivity index (χ2v) is 8.46. The molecule has 4 heterocycles. The van der Waals surface area contributed by atoms with Gasteiger partial charge in [-0.15, -0.1) is 0 Å². The zero-order valence-electron chi connectivity index (χ0n) is 15.8. The summed E-state index contributed by atoms with van der Waals surface area (Å²) in [5.74, 6) is 0.869. The quantitative estimate of drug-likeness (QED) is 0.553. The van der Waals surface area contributed by atoms with Crippen molar-refractivity contribution in [2.45, 2.75) is 52.0 Å². The van der Waals surface area contributed by atoms with E-state index in [4.69, 9.17) is 4.52 Å². The Hall–Kier alpha value is -2.76. The molecule has 0 spiro atoms. The molecule has 4 rings (SSSR count). The van der Waals surface area contributed by atoms with E-state index in [1.165, 1.54) is 0 Å². The Labute approximate surface area is 152 Å². The Balaban J connectivity index is 1.71. The van der Waals surface area contributed by atoms with E-state index in [-0.39, 0.29) is 11.0 Å². The maximum atomic E-state index is 5.55. The molecule has 0 N–H and O–H groups in total. The summed E-state index contributed by atoms with van der Waals surface area (Å²) in [7, 11) is 0. The van der Waals surface area contributed by atoms with Crippen molar-refractivity contribution in [3.8, 4) is 0 Å². The molecule has 0 aliphatic carbocycles. The summed E-state index contributed by atoms with van der Waals surface area (Å²) >= 11 is 0. The Kier molecular flexibility index (Phi) is 3.61. The van der Waals surface area contributed by atoms with E-state index in [9.17, 15) is 0 Å². The second-order valence-electron chi connectivity index (χ2n) is 8.46. The Morgan fingerprint density at radius 3 is 2.62 bits per heavy atom. The van der Waals surface area contributed by atoms with Crippen molar-refractivity contribution in [3.63, 3.8) is 0 Å². The number of rotatable bonds is 3. The first-order valence-electron chi connectivity index (χ1n) is 8.80. The number of fused-ring (bicyclic) bond motifs is 2. The second kappa shape index (κ2) is 5.62. The summed E-state index contributed by atoms with van der Waals surface area (Å²) in [6.45, 7) is 10.7. The highest BCUT2D eigenvalue weighted by Gasteiger charge is 2.26. The topological polar surface area (TPSA) is 69.6 Å². The molecule has 0 aliphatic rings. The van der Waals surface area contributed by atoms with Gasteiger partial charge in [-0.05, 0) is 44.0 Å². The van der Waals surface area contributed by atoms with Gasteiger partial charge in [0.15, 0.2) is 11.4 Å². The molecule has 134 valence electrons. The van der Waals surface area contributed by atoms with E-state index in [1.807, 2.05) is 29.2 Å². The fourth-order valence-electron chi connectivity index (χ4n) is 3.26. The van der Waals surface area contributed by atoms with Crippen LogP contribution in [0.25, 0.3) is 22.1 Å². The molecule has 4 aromatic rings. The average Bonchev–Trinajstić information content (AvgIpc) is 3.18. The number of hydrogen-bond acceptors (Lipinski definition) is 5. The summed E-state index contributed by atoms with van der Waals surface area (Å²) in [4.78, 5) is 8.82.